The Labute approximate surface area is 241 Å². The molecule has 0 aromatic heterocycles. The van der Waals surface area contributed by atoms with Crippen LogP contribution in [0.3, 0.4) is 0 Å². The fourth-order valence-electron chi connectivity index (χ4n) is 4.13. The zero-order chi connectivity index (χ0) is 29.3. The van der Waals surface area contributed by atoms with E-state index >= 15 is 0 Å². The maximum Gasteiger partial charge on any atom is 0.264 e. The number of sulfonamides is 1. The van der Waals surface area contributed by atoms with Crippen molar-refractivity contribution in [3.05, 3.63) is 89.4 Å². The Hall–Kier alpha value is -3.56. The monoisotopic (exact) mass is 585 g/mol. The second-order valence-electron chi connectivity index (χ2n) is 9.73. The molecule has 1 atom stereocenters. The van der Waals surface area contributed by atoms with Crippen LogP contribution in [-0.2, 0) is 26.2 Å². The molecule has 0 aliphatic rings. The maximum absolute atomic E-state index is 14.0. The van der Waals surface area contributed by atoms with Gasteiger partial charge in [-0.05, 0) is 66.4 Å². The predicted octanol–water partition coefficient (Wildman–Crippen LogP) is 5.12. The molecule has 3 rings (SSSR count). The molecule has 0 heterocycles. The molecule has 0 bridgehead atoms. The third kappa shape index (κ3) is 7.99. The molecule has 3 aromatic carbocycles. The number of nitrogens with one attached hydrogen (secondary N) is 1. The number of benzene rings is 3. The second kappa shape index (κ2) is 14.2. The summed E-state index contributed by atoms with van der Waals surface area (Å²) in [5.41, 5.74) is 1.05. The summed E-state index contributed by atoms with van der Waals surface area (Å²) in [7, 11) is -2.56. The number of rotatable bonds is 13. The van der Waals surface area contributed by atoms with Gasteiger partial charge in [0.05, 0.1) is 17.7 Å². The molecule has 0 fully saturated rings. The van der Waals surface area contributed by atoms with E-state index in [1.165, 1.54) is 17.0 Å². The average molecular weight is 586 g/mol. The normalized spacial score (nSPS) is 12.1. The van der Waals surface area contributed by atoms with Crippen LogP contribution in [0, 0.1) is 5.92 Å². The van der Waals surface area contributed by atoms with Gasteiger partial charge in [-0.1, -0.05) is 62.7 Å². The molecule has 0 spiro atoms. The zero-order valence-corrected chi connectivity index (χ0v) is 24.8. The number of anilines is 1. The molecule has 40 heavy (non-hydrogen) atoms. The maximum atomic E-state index is 14.0. The van der Waals surface area contributed by atoms with Crippen LogP contribution in [0.4, 0.5) is 5.69 Å². The molecule has 0 radical (unpaired) electrons. The van der Waals surface area contributed by atoms with Crippen molar-refractivity contribution in [3.8, 4) is 5.75 Å². The lowest BCUT2D eigenvalue weighted by Crippen LogP contribution is -2.52. The van der Waals surface area contributed by atoms with E-state index in [0.29, 0.717) is 23.7 Å². The van der Waals surface area contributed by atoms with Gasteiger partial charge in [-0.15, -0.1) is 0 Å². The number of halogens is 1. The molecular weight excluding hydrogens is 550 g/mol. The minimum Gasteiger partial charge on any atom is -0.497 e. The molecule has 0 aliphatic carbocycles. The van der Waals surface area contributed by atoms with Gasteiger partial charge in [-0.3, -0.25) is 13.9 Å². The topological polar surface area (TPSA) is 96.0 Å². The van der Waals surface area contributed by atoms with Crippen LogP contribution in [0.5, 0.6) is 5.75 Å². The minimum absolute atomic E-state index is 0.0428. The largest absolute Gasteiger partial charge is 0.497 e. The van der Waals surface area contributed by atoms with Gasteiger partial charge in [0.1, 0.15) is 18.3 Å². The summed E-state index contributed by atoms with van der Waals surface area (Å²) in [6, 6.07) is 20.5. The summed E-state index contributed by atoms with van der Waals surface area (Å²) in [5, 5.41) is 3.35. The van der Waals surface area contributed by atoms with Crippen LogP contribution in [0.25, 0.3) is 0 Å². The average Bonchev–Trinajstić information content (AvgIpc) is 2.95. The van der Waals surface area contributed by atoms with Crippen LogP contribution >= 0.6 is 11.6 Å². The molecule has 3 aromatic rings. The smallest absolute Gasteiger partial charge is 0.264 e. The predicted molar refractivity (Wildman–Crippen MR) is 158 cm³/mol. The molecule has 1 N–H and O–H groups in total. The first-order valence-electron chi connectivity index (χ1n) is 13.1. The first-order chi connectivity index (χ1) is 19.1. The minimum atomic E-state index is -4.13. The van der Waals surface area contributed by atoms with E-state index in [-0.39, 0.29) is 29.0 Å². The lowest BCUT2D eigenvalue weighted by atomic mass is 10.1. The Bertz CT molecular complexity index is 1360. The van der Waals surface area contributed by atoms with Crippen molar-refractivity contribution < 1.29 is 22.7 Å². The molecule has 0 aliphatic heterocycles. The first kappa shape index (κ1) is 31.0. The van der Waals surface area contributed by atoms with Crippen molar-refractivity contribution in [1.29, 1.82) is 0 Å². The molecular formula is C30H36ClN3O5S. The Morgan fingerprint density at radius 1 is 0.950 bits per heavy atom. The summed E-state index contributed by atoms with van der Waals surface area (Å²) >= 11 is 6.07. The van der Waals surface area contributed by atoms with Crippen molar-refractivity contribution in [2.45, 2.75) is 44.7 Å². The summed E-state index contributed by atoms with van der Waals surface area (Å²) in [5.74, 6) is 0.0775. The van der Waals surface area contributed by atoms with Gasteiger partial charge in [0.15, 0.2) is 0 Å². The Morgan fingerprint density at radius 3 is 2.12 bits per heavy atom. The van der Waals surface area contributed by atoms with Crippen LogP contribution in [0.15, 0.2) is 83.8 Å². The third-order valence-corrected chi connectivity index (χ3v) is 8.35. The zero-order valence-electron chi connectivity index (χ0n) is 23.2. The quantitative estimate of drug-likeness (QED) is 0.300. The fraction of sp³-hybridized carbons (Fsp3) is 0.333. The molecule has 0 saturated carbocycles. The standard InChI is InChI=1S/C30H36ClN3O5S/c1-5-28(30(36)32-19-22(2)3)33(20-23-11-17-26(39-4)18-12-23)29(35)21-34(25-15-13-24(31)14-16-25)40(37,38)27-9-7-6-8-10-27/h6-18,22,28H,5,19-21H2,1-4H3,(H,32,36)/t28-/m1/s1. The molecule has 2 amide bonds. The van der Waals surface area contributed by atoms with E-state index < -0.39 is 28.5 Å². The van der Waals surface area contributed by atoms with Gasteiger partial charge >= 0.3 is 0 Å². The van der Waals surface area contributed by atoms with E-state index in [1.807, 2.05) is 32.9 Å². The highest BCUT2D eigenvalue weighted by atomic mass is 35.5. The van der Waals surface area contributed by atoms with Gasteiger partial charge in [0.2, 0.25) is 11.8 Å². The Balaban J connectivity index is 2.02. The number of hydrogen-bond acceptors (Lipinski definition) is 5. The van der Waals surface area contributed by atoms with Gasteiger partial charge in [0, 0.05) is 18.1 Å². The lowest BCUT2D eigenvalue weighted by molar-refractivity contribution is -0.140. The van der Waals surface area contributed by atoms with Crippen LogP contribution in [0.2, 0.25) is 5.02 Å². The lowest BCUT2D eigenvalue weighted by Gasteiger charge is -2.33. The molecule has 10 heteroatoms. The fourth-order valence-corrected chi connectivity index (χ4v) is 5.69. The number of nitrogens with zero attached hydrogens (tertiary/aromatic N) is 2. The molecule has 214 valence electrons. The Morgan fingerprint density at radius 2 is 1.57 bits per heavy atom. The Kier molecular flexibility index (Phi) is 11.0. The van der Waals surface area contributed by atoms with Crippen molar-refractivity contribution >= 4 is 39.1 Å². The van der Waals surface area contributed by atoms with Gasteiger partial charge < -0.3 is 15.0 Å². The summed E-state index contributed by atoms with van der Waals surface area (Å²) in [6.45, 7) is 5.85. The van der Waals surface area contributed by atoms with Gasteiger partial charge in [-0.2, -0.15) is 0 Å². The van der Waals surface area contributed by atoms with Gasteiger partial charge in [-0.25, -0.2) is 8.42 Å². The number of carbonyl (C=O) groups excluding carboxylic acids is 2. The van der Waals surface area contributed by atoms with E-state index in [9.17, 15) is 18.0 Å². The number of methoxy groups -OCH3 is 1. The van der Waals surface area contributed by atoms with Crippen LogP contribution in [0.1, 0.15) is 32.8 Å². The van der Waals surface area contributed by atoms with Crippen LogP contribution in [-0.4, -0.2) is 51.4 Å². The number of carbonyl (C=O) groups is 2. The highest BCUT2D eigenvalue weighted by Gasteiger charge is 2.33. The molecule has 8 nitrogen and oxygen atoms in total. The van der Waals surface area contributed by atoms with Gasteiger partial charge in [0.25, 0.3) is 10.0 Å². The summed E-state index contributed by atoms with van der Waals surface area (Å²) < 4.78 is 33.9. The summed E-state index contributed by atoms with van der Waals surface area (Å²) in [6.07, 6.45) is 0.345. The van der Waals surface area contributed by atoms with E-state index in [0.717, 1.165) is 9.87 Å². The van der Waals surface area contributed by atoms with E-state index in [4.69, 9.17) is 16.3 Å². The third-order valence-electron chi connectivity index (χ3n) is 6.31. The second-order valence-corrected chi connectivity index (χ2v) is 12.0. The summed E-state index contributed by atoms with van der Waals surface area (Å²) in [4.78, 5) is 28.8. The van der Waals surface area contributed by atoms with Crippen molar-refractivity contribution in [1.82, 2.24) is 10.2 Å². The molecule has 0 saturated heterocycles. The van der Waals surface area contributed by atoms with E-state index in [1.54, 1.807) is 61.7 Å². The number of hydrogen-bond donors (Lipinski definition) is 1. The SMILES string of the molecule is CC[C@H](C(=O)NCC(C)C)N(Cc1ccc(OC)cc1)C(=O)CN(c1ccc(Cl)cc1)S(=O)(=O)c1ccccc1. The van der Waals surface area contributed by atoms with Crippen molar-refractivity contribution in [3.63, 3.8) is 0 Å². The molecule has 0 unspecified atom stereocenters. The highest BCUT2D eigenvalue weighted by molar-refractivity contribution is 7.92. The number of amides is 2. The van der Waals surface area contributed by atoms with E-state index in [2.05, 4.69) is 5.32 Å². The highest BCUT2D eigenvalue weighted by Crippen LogP contribution is 2.26. The van der Waals surface area contributed by atoms with Crippen molar-refractivity contribution in [2.75, 3.05) is 24.5 Å². The number of ether oxygens (including phenoxy) is 1. The van der Waals surface area contributed by atoms with Crippen LogP contribution < -0.4 is 14.4 Å². The van der Waals surface area contributed by atoms with Crippen molar-refractivity contribution in [2.24, 2.45) is 5.92 Å². The first-order valence-corrected chi connectivity index (χ1v) is 14.9.